The second kappa shape index (κ2) is 4.31. The quantitative estimate of drug-likeness (QED) is 0.838. The minimum absolute atomic E-state index is 0.00391. The number of halogens is 1. The van der Waals surface area contributed by atoms with Crippen molar-refractivity contribution in [3.8, 4) is 0 Å². The van der Waals surface area contributed by atoms with Gasteiger partial charge in [0.2, 0.25) is 0 Å². The summed E-state index contributed by atoms with van der Waals surface area (Å²) in [6, 6.07) is 3.79. The molecule has 6 heteroatoms. The molecule has 0 bridgehead atoms. The maximum absolute atomic E-state index is 12.1. The van der Waals surface area contributed by atoms with Gasteiger partial charge in [0.15, 0.2) is 0 Å². The molecule has 90 valence electrons. The predicted molar refractivity (Wildman–Crippen MR) is 67.9 cm³/mol. The summed E-state index contributed by atoms with van der Waals surface area (Å²) in [5.41, 5.74) is 0.00391. The molecule has 0 aliphatic carbocycles. The predicted octanol–water partition coefficient (Wildman–Crippen LogP) is 2.14. The fourth-order valence-electron chi connectivity index (χ4n) is 2.14. The molecule has 0 atom stereocenters. The molecule has 2 aromatic heterocycles. The third kappa shape index (κ3) is 2.05. The van der Waals surface area contributed by atoms with E-state index in [0.717, 1.165) is 40.8 Å². The number of aryl methyl sites for hydroxylation is 1. The Bertz CT molecular complexity index is 598. The summed E-state index contributed by atoms with van der Waals surface area (Å²) in [7, 11) is 0. The van der Waals surface area contributed by atoms with Crippen LogP contribution in [0.5, 0.6) is 0 Å². The SMILES string of the molecule is O=c1n(Cc2ccc(Cl)s2)nc2n1CCCC2. The van der Waals surface area contributed by atoms with Crippen molar-refractivity contribution >= 4 is 22.9 Å². The van der Waals surface area contributed by atoms with Crippen molar-refractivity contribution in [3.05, 3.63) is 37.7 Å². The summed E-state index contributed by atoms with van der Waals surface area (Å²) >= 11 is 7.37. The topological polar surface area (TPSA) is 39.8 Å². The van der Waals surface area contributed by atoms with Gasteiger partial charge in [0.25, 0.3) is 0 Å². The molecule has 2 aromatic rings. The van der Waals surface area contributed by atoms with E-state index in [0.29, 0.717) is 6.54 Å². The van der Waals surface area contributed by atoms with Gasteiger partial charge < -0.3 is 0 Å². The number of thiophene rings is 1. The first-order valence-corrected chi connectivity index (χ1v) is 6.84. The smallest absolute Gasteiger partial charge is 0.279 e. The zero-order valence-corrected chi connectivity index (χ0v) is 10.8. The number of rotatable bonds is 2. The zero-order valence-electron chi connectivity index (χ0n) is 9.23. The van der Waals surface area contributed by atoms with Crippen molar-refractivity contribution in [1.29, 1.82) is 0 Å². The fourth-order valence-corrected chi connectivity index (χ4v) is 3.21. The Kier molecular flexibility index (Phi) is 2.80. The van der Waals surface area contributed by atoms with Crippen molar-refractivity contribution in [2.45, 2.75) is 32.4 Å². The Morgan fingerprint density at radius 1 is 1.41 bits per heavy atom. The van der Waals surface area contributed by atoms with Crippen LogP contribution in [0, 0.1) is 0 Å². The molecule has 3 heterocycles. The summed E-state index contributed by atoms with van der Waals surface area (Å²) in [4.78, 5) is 13.1. The lowest BCUT2D eigenvalue weighted by Crippen LogP contribution is -2.27. The molecule has 17 heavy (non-hydrogen) atoms. The van der Waals surface area contributed by atoms with Crippen LogP contribution in [-0.4, -0.2) is 14.3 Å². The molecule has 1 aliphatic rings. The summed E-state index contributed by atoms with van der Waals surface area (Å²) < 4.78 is 4.08. The molecule has 0 saturated carbocycles. The fraction of sp³-hybridized carbons (Fsp3) is 0.455. The summed E-state index contributed by atoms with van der Waals surface area (Å²) in [6.07, 6.45) is 3.11. The summed E-state index contributed by atoms with van der Waals surface area (Å²) in [6.45, 7) is 1.33. The van der Waals surface area contributed by atoms with E-state index in [1.165, 1.54) is 11.3 Å². The van der Waals surface area contributed by atoms with Crippen LogP contribution in [0.4, 0.5) is 0 Å². The maximum Gasteiger partial charge on any atom is 0.346 e. The number of fused-ring (bicyclic) bond motifs is 1. The van der Waals surface area contributed by atoms with Crippen molar-refractivity contribution in [3.63, 3.8) is 0 Å². The Morgan fingerprint density at radius 3 is 3.00 bits per heavy atom. The van der Waals surface area contributed by atoms with E-state index >= 15 is 0 Å². The average molecular weight is 270 g/mol. The van der Waals surface area contributed by atoms with E-state index in [9.17, 15) is 4.79 Å². The Hall–Kier alpha value is -1.07. The first-order valence-electron chi connectivity index (χ1n) is 5.65. The van der Waals surface area contributed by atoms with Crippen molar-refractivity contribution in [2.24, 2.45) is 0 Å². The molecule has 0 radical (unpaired) electrons. The Morgan fingerprint density at radius 2 is 2.29 bits per heavy atom. The van der Waals surface area contributed by atoms with E-state index in [1.54, 1.807) is 9.25 Å². The minimum Gasteiger partial charge on any atom is -0.279 e. The molecule has 0 saturated heterocycles. The van der Waals surface area contributed by atoms with Gasteiger partial charge >= 0.3 is 5.69 Å². The van der Waals surface area contributed by atoms with Crippen LogP contribution in [0.3, 0.4) is 0 Å². The maximum atomic E-state index is 12.1. The molecule has 0 spiro atoms. The molecule has 0 N–H and O–H groups in total. The first-order chi connectivity index (χ1) is 8.24. The van der Waals surface area contributed by atoms with Gasteiger partial charge in [-0.25, -0.2) is 9.48 Å². The molecule has 0 amide bonds. The molecule has 0 unspecified atom stereocenters. The first kappa shape index (κ1) is 11.0. The molecule has 0 fully saturated rings. The number of hydrogen-bond acceptors (Lipinski definition) is 3. The average Bonchev–Trinajstić information content (AvgIpc) is 2.86. The van der Waals surface area contributed by atoms with Gasteiger partial charge in [-0.05, 0) is 25.0 Å². The zero-order chi connectivity index (χ0) is 11.8. The van der Waals surface area contributed by atoms with Crippen LogP contribution >= 0.6 is 22.9 Å². The molecular formula is C11H12ClN3OS. The normalized spacial score (nSPS) is 14.9. The van der Waals surface area contributed by atoms with Crippen LogP contribution in [-0.2, 0) is 19.5 Å². The lowest BCUT2D eigenvalue weighted by atomic mass is 10.2. The van der Waals surface area contributed by atoms with Gasteiger partial charge in [0.05, 0.1) is 10.9 Å². The van der Waals surface area contributed by atoms with E-state index in [2.05, 4.69) is 5.10 Å². The van der Waals surface area contributed by atoms with Gasteiger partial charge in [-0.3, -0.25) is 4.57 Å². The number of hydrogen-bond donors (Lipinski definition) is 0. The third-order valence-corrected chi connectivity index (χ3v) is 4.18. The number of aromatic nitrogens is 3. The van der Waals surface area contributed by atoms with Gasteiger partial charge in [0, 0.05) is 17.8 Å². The van der Waals surface area contributed by atoms with Gasteiger partial charge in [-0.15, -0.1) is 11.3 Å². The lowest BCUT2D eigenvalue weighted by molar-refractivity contribution is 0.511. The van der Waals surface area contributed by atoms with Gasteiger partial charge in [0.1, 0.15) is 5.82 Å². The highest BCUT2D eigenvalue weighted by molar-refractivity contribution is 7.16. The molecule has 4 nitrogen and oxygen atoms in total. The molecule has 1 aliphatic heterocycles. The number of nitrogens with zero attached hydrogens (tertiary/aromatic N) is 3. The second-order valence-corrected chi connectivity index (χ2v) is 5.97. The van der Waals surface area contributed by atoms with Gasteiger partial charge in [-0.2, -0.15) is 5.10 Å². The van der Waals surface area contributed by atoms with Crippen LogP contribution in [0.2, 0.25) is 4.34 Å². The third-order valence-electron chi connectivity index (χ3n) is 2.97. The van der Waals surface area contributed by atoms with Gasteiger partial charge in [-0.1, -0.05) is 11.6 Å². The monoisotopic (exact) mass is 269 g/mol. The molecule has 0 aromatic carbocycles. The van der Waals surface area contributed by atoms with Crippen molar-refractivity contribution < 1.29 is 0 Å². The second-order valence-electron chi connectivity index (χ2n) is 4.17. The highest BCUT2D eigenvalue weighted by Gasteiger charge is 2.16. The van der Waals surface area contributed by atoms with E-state index in [4.69, 9.17) is 11.6 Å². The van der Waals surface area contributed by atoms with E-state index in [1.807, 2.05) is 12.1 Å². The minimum atomic E-state index is 0.00391. The highest BCUT2D eigenvalue weighted by Crippen LogP contribution is 2.21. The van der Waals surface area contributed by atoms with Crippen molar-refractivity contribution in [1.82, 2.24) is 14.3 Å². The van der Waals surface area contributed by atoms with Crippen LogP contribution in [0.1, 0.15) is 23.5 Å². The summed E-state index contributed by atoms with van der Waals surface area (Å²) in [5, 5.41) is 4.39. The molecular weight excluding hydrogens is 258 g/mol. The van der Waals surface area contributed by atoms with Crippen LogP contribution in [0.25, 0.3) is 0 Å². The van der Waals surface area contributed by atoms with E-state index in [-0.39, 0.29) is 5.69 Å². The largest absolute Gasteiger partial charge is 0.346 e. The highest BCUT2D eigenvalue weighted by atomic mass is 35.5. The van der Waals surface area contributed by atoms with Crippen LogP contribution < -0.4 is 5.69 Å². The van der Waals surface area contributed by atoms with E-state index < -0.39 is 0 Å². The van der Waals surface area contributed by atoms with Crippen LogP contribution in [0.15, 0.2) is 16.9 Å². The Balaban J connectivity index is 1.93. The summed E-state index contributed by atoms with van der Waals surface area (Å²) in [5.74, 6) is 0.920. The lowest BCUT2D eigenvalue weighted by Gasteiger charge is -2.09. The molecule has 3 rings (SSSR count). The van der Waals surface area contributed by atoms with Crippen molar-refractivity contribution in [2.75, 3.05) is 0 Å². The Labute approximate surface area is 107 Å². The standard InChI is InChI=1S/C11H12ClN3OS/c12-9-5-4-8(17-9)7-15-11(16)14-6-2-1-3-10(14)13-15/h4-5H,1-3,6-7H2.